The van der Waals surface area contributed by atoms with Gasteiger partial charge in [0.1, 0.15) is 6.10 Å². The van der Waals surface area contributed by atoms with Crippen LogP contribution in [0.15, 0.2) is 0 Å². The van der Waals surface area contributed by atoms with Crippen LogP contribution in [-0.4, -0.2) is 29.6 Å². The maximum absolute atomic E-state index is 11.9. The lowest BCUT2D eigenvalue weighted by atomic mass is 10.0. The predicted octanol–water partition coefficient (Wildman–Crippen LogP) is 0.982. The van der Waals surface area contributed by atoms with Crippen molar-refractivity contribution in [2.75, 3.05) is 6.61 Å². The number of carbonyl (C=O) groups excluding carboxylic acids is 1. The fourth-order valence-corrected chi connectivity index (χ4v) is 2.09. The number of hydrogen-bond donors (Lipinski definition) is 2. The molecule has 1 rings (SSSR count). The van der Waals surface area contributed by atoms with Gasteiger partial charge in [-0.25, -0.2) is 0 Å². The Balaban J connectivity index is 2.50. The van der Waals surface area contributed by atoms with Gasteiger partial charge in [-0.05, 0) is 25.2 Å². The average Bonchev–Trinajstić information content (AvgIpc) is 2.25. The zero-order chi connectivity index (χ0) is 12.1. The molecule has 1 fully saturated rings. The van der Waals surface area contributed by atoms with E-state index in [4.69, 9.17) is 22.7 Å². The van der Waals surface area contributed by atoms with Crippen molar-refractivity contribution in [1.29, 1.82) is 0 Å². The van der Waals surface area contributed by atoms with E-state index in [0.717, 1.165) is 19.3 Å². The minimum Gasteiger partial charge on any atom is -0.392 e. The summed E-state index contributed by atoms with van der Waals surface area (Å²) < 4.78 is 5.40. The molecule has 1 amide bonds. The Labute approximate surface area is 102 Å². The molecule has 0 saturated carbocycles. The first-order valence-electron chi connectivity index (χ1n) is 5.73. The molecule has 0 spiro atoms. The SMILES string of the molecule is CC(C)C(NC(=O)C1CCCCO1)C(N)=S. The third-order valence-electron chi connectivity index (χ3n) is 2.74. The minimum absolute atomic E-state index is 0.0915. The van der Waals surface area contributed by atoms with Crippen LogP contribution in [0, 0.1) is 5.92 Å². The van der Waals surface area contributed by atoms with E-state index < -0.39 is 0 Å². The van der Waals surface area contributed by atoms with Crippen LogP contribution in [0.3, 0.4) is 0 Å². The number of carbonyl (C=O) groups is 1. The van der Waals surface area contributed by atoms with Crippen molar-refractivity contribution >= 4 is 23.1 Å². The van der Waals surface area contributed by atoms with Gasteiger partial charge in [-0.15, -0.1) is 0 Å². The molecule has 2 unspecified atom stereocenters. The van der Waals surface area contributed by atoms with Gasteiger partial charge in [0.15, 0.2) is 0 Å². The summed E-state index contributed by atoms with van der Waals surface area (Å²) in [6, 6.07) is -0.243. The Morgan fingerprint density at radius 3 is 2.62 bits per heavy atom. The van der Waals surface area contributed by atoms with E-state index in [2.05, 4.69) is 5.32 Å². The fraction of sp³-hybridized carbons (Fsp3) is 0.818. The standard InChI is InChI=1S/C11H20N2O2S/c1-7(2)9(10(12)16)13-11(14)8-5-3-4-6-15-8/h7-9H,3-6H2,1-2H3,(H2,12,16)(H,13,14). The number of hydrogen-bond acceptors (Lipinski definition) is 3. The van der Waals surface area contributed by atoms with Crippen LogP contribution in [0.1, 0.15) is 33.1 Å². The Morgan fingerprint density at radius 2 is 2.19 bits per heavy atom. The molecule has 2 atom stereocenters. The number of amides is 1. The van der Waals surface area contributed by atoms with Gasteiger partial charge >= 0.3 is 0 Å². The maximum Gasteiger partial charge on any atom is 0.249 e. The van der Waals surface area contributed by atoms with Crippen LogP contribution < -0.4 is 11.1 Å². The van der Waals surface area contributed by atoms with Gasteiger partial charge in [0.2, 0.25) is 5.91 Å². The molecule has 0 aromatic heterocycles. The highest BCUT2D eigenvalue weighted by atomic mass is 32.1. The smallest absolute Gasteiger partial charge is 0.249 e. The van der Waals surface area contributed by atoms with Crippen molar-refractivity contribution in [2.24, 2.45) is 11.7 Å². The molecule has 0 radical (unpaired) electrons. The Kier molecular flexibility index (Phi) is 5.15. The summed E-state index contributed by atoms with van der Waals surface area (Å²) in [6.07, 6.45) is 2.53. The van der Waals surface area contributed by atoms with Crippen molar-refractivity contribution in [1.82, 2.24) is 5.32 Å². The highest BCUT2D eigenvalue weighted by Crippen LogP contribution is 2.13. The summed E-state index contributed by atoms with van der Waals surface area (Å²) in [7, 11) is 0. The van der Waals surface area contributed by atoms with Gasteiger partial charge in [-0.1, -0.05) is 26.1 Å². The number of ether oxygens (including phenoxy) is 1. The van der Waals surface area contributed by atoms with Crippen LogP contribution in [0.5, 0.6) is 0 Å². The van der Waals surface area contributed by atoms with E-state index in [1.165, 1.54) is 0 Å². The number of rotatable bonds is 4. The summed E-state index contributed by atoms with van der Waals surface area (Å²) in [6.45, 7) is 4.62. The van der Waals surface area contributed by atoms with Gasteiger partial charge in [-0.3, -0.25) is 4.79 Å². The van der Waals surface area contributed by atoms with Crippen LogP contribution in [0.25, 0.3) is 0 Å². The van der Waals surface area contributed by atoms with E-state index in [1.807, 2.05) is 13.8 Å². The lowest BCUT2D eigenvalue weighted by Crippen LogP contribution is -2.51. The summed E-state index contributed by atoms with van der Waals surface area (Å²) in [5.41, 5.74) is 5.59. The van der Waals surface area contributed by atoms with Gasteiger partial charge in [0.05, 0.1) is 11.0 Å². The molecule has 0 aromatic carbocycles. The minimum atomic E-state index is -0.329. The molecule has 0 aliphatic carbocycles. The van der Waals surface area contributed by atoms with Crippen LogP contribution in [0.2, 0.25) is 0 Å². The van der Waals surface area contributed by atoms with Crippen molar-refractivity contribution < 1.29 is 9.53 Å². The molecule has 1 aliphatic heterocycles. The topological polar surface area (TPSA) is 64.3 Å². The second kappa shape index (κ2) is 6.15. The van der Waals surface area contributed by atoms with Crippen molar-refractivity contribution in [3.05, 3.63) is 0 Å². The third kappa shape index (κ3) is 3.72. The first kappa shape index (κ1) is 13.4. The monoisotopic (exact) mass is 244 g/mol. The molecule has 0 bridgehead atoms. The normalized spacial score (nSPS) is 22.8. The predicted molar refractivity (Wildman–Crippen MR) is 67.1 cm³/mol. The van der Waals surface area contributed by atoms with Gasteiger partial charge in [0, 0.05) is 6.61 Å². The van der Waals surface area contributed by atoms with Crippen LogP contribution >= 0.6 is 12.2 Å². The molecular formula is C11H20N2O2S. The molecule has 4 nitrogen and oxygen atoms in total. The Bertz CT molecular complexity index is 263. The summed E-state index contributed by atoms with van der Waals surface area (Å²) >= 11 is 4.94. The molecule has 92 valence electrons. The Morgan fingerprint density at radius 1 is 1.50 bits per heavy atom. The first-order valence-corrected chi connectivity index (χ1v) is 6.14. The second-order valence-corrected chi connectivity index (χ2v) is 4.96. The van der Waals surface area contributed by atoms with Gasteiger partial charge < -0.3 is 15.8 Å². The summed E-state index contributed by atoms with van der Waals surface area (Å²) in [5.74, 6) is 0.108. The van der Waals surface area contributed by atoms with E-state index in [-0.39, 0.29) is 24.0 Å². The van der Waals surface area contributed by atoms with Crippen LogP contribution in [-0.2, 0) is 9.53 Å². The quantitative estimate of drug-likeness (QED) is 0.724. The third-order valence-corrected chi connectivity index (χ3v) is 3.00. The lowest BCUT2D eigenvalue weighted by Gasteiger charge is -2.26. The zero-order valence-corrected chi connectivity index (χ0v) is 10.7. The molecule has 0 aromatic rings. The average molecular weight is 244 g/mol. The molecule has 1 heterocycles. The van der Waals surface area contributed by atoms with E-state index in [1.54, 1.807) is 0 Å². The Hall–Kier alpha value is -0.680. The van der Waals surface area contributed by atoms with Crippen molar-refractivity contribution in [2.45, 2.75) is 45.3 Å². The first-order chi connectivity index (χ1) is 7.52. The van der Waals surface area contributed by atoms with Gasteiger partial charge in [-0.2, -0.15) is 0 Å². The molecule has 1 aliphatic rings. The highest BCUT2D eigenvalue weighted by molar-refractivity contribution is 7.80. The van der Waals surface area contributed by atoms with E-state index in [9.17, 15) is 4.79 Å². The second-order valence-electron chi connectivity index (χ2n) is 4.49. The molecular weight excluding hydrogens is 224 g/mol. The highest BCUT2D eigenvalue weighted by Gasteiger charge is 2.26. The lowest BCUT2D eigenvalue weighted by molar-refractivity contribution is -0.136. The summed E-state index contributed by atoms with van der Waals surface area (Å²) in [5, 5.41) is 2.86. The molecule has 3 N–H and O–H groups in total. The molecule has 5 heteroatoms. The largest absolute Gasteiger partial charge is 0.392 e. The van der Waals surface area contributed by atoms with Crippen molar-refractivity contribution in [3.8, 4) is 0 Å². The maximum atomic E-state index is 11.9. The fourth-order valence-electron chi connectivity index (χ4n) is 1.76. The van der Waals surface area contributed by atoms with E-state index >= 15 is 0 Å². The number of nitrogens with two attached hydrogens (primary N) is 1. The summed E-state index contributed by atoms with van der Waals surface area (Å²) in [4.78, 5) is 12.2. The van der Waals surface area contributed by atoms with Crippen LogP contribution in [0.4, 0.5) is 0 Å². The van der Waals surface area contributed by atoms with Gasteiger partial charge in [0.25, 0.3) is 0 Å². The van der Waals surface area contributed by atoms with Crippen molar-refractivity contribution in [3.63, 3.8) is 0 Å². The zero-order valence-electron chi connectivity index (χ0n) is 9.86. The molecule has 16 heavy (non-hydrogen) atoms. The number of nitrogens with one attached hydrogen (secondary N) is 1. The number of thiocarbonyl (C=S) groups is 1. The van der Waals surface area contributed by atoms with E-state index in [0.29, 0.717) is 11.6 Å². The molecule has 1 saturated heterocycles.